The molecule has 0 bridgehead atoms. The summed E-state index contributed by atoms with van der Waals surface area (Å²) in [6.45, 7) is 0.668. The zero-order valence-corrected chi connectivity index (χ0v) is 14.5. The fourth-order valence-corrected chi connectivity index (χ4v) is 3.23. The Balaban J connectivity index is 1.62. The first-order valence-electron chi connectivity index (χ1n) is 7.90. The van der Waals surface area contributed by atoms with E-state index in [0.717, 1.165) is 5.56 Å². The van der Waals surface area contributed by atoms with Gasteiger partial charge in [0.15, 0.2) is 4.80 Å². The number of rotatable bonds is 4. The minimum absolute atomic E-state index is 0.302. The molecule has 26 heavy (non-hydrogen) atoms. The van der Waals surface area contributed by atoms with Gasteiger partial charge in [0.25, 0.3) is 5.91 Å². The van der Waals surface area contributed by atoms with Gasteiger partial charge in [0.05, 0.1) is 5.69 Å². The van der Waals surface area contributed by atoms with Crippen molar-refractivity contribution in [3.8, 4) is 5.69 Å². The smallest absolute Gasteiger partial charge is 0.279 e. The predicted octanol–water partition coefficient (Wildman–Crippen LogP) is 2.31. The molecular weight excluding hydrogens is 348 g/mol. The molecule has 4 rings (SSSR count). The molecule has 1 amide bonds. The van der Waals surface area contributed by atoms with Crippen LogP contribution in [0.15, 0.2) is 77.5 Å². The molecule has 2 heterocycles. The topological polar surface area (TPSA) is 78.0 Å². The second kappa shape index (κ2) is 7.24. The molecule has 0 aliphatic heterocycles. The highest BCUT2D eigenvalue weighted by Crippen LogP contribution is 2.10. The summed E-state index contributed by atoms with van der Waals surface area (Å²) in [6.07, 6.45) is 3.41. The number of aromatic nitrogens is 5. The molecule has 0 spiro atoms. The van der Waals surface area contributed by atoms with E-state index in [1.807, 2.05) is 52.5 Å². The van der Waals surface area contributed by atoms with Crippen molar-refractivity contribution in [2.24, 2.45) is 4.99 Å². The Labute approximate surface area is 152 Å². The first-order valence-corrected chi connectivity index (χ1v) is 8.78. The molecule has 0 saturated heterocycles. The van der Waals surface area contributed by atoms with Gasteiger partial charge in [-0.1, -0.05) is 36.4 Å². The van der Waals surface area contributed by atoms with Crippen LogP contribution < -0.4 is 4.80 Å². The highest BCUT2D eigenvalue weighted by Gasteiger charge is 2.08. The monoisotopic (exact) mass is 362 g/mol. The van der Waals surface area contributed by atoms with Gasteiger partial charge < -0.3 is 4.57 Å². The maximum atomic E-state index is 12.6. The van der Waals surface area contributed by atoms with Crippen molar-refractivity contribution in [2.45, 2.75) is 6.54 Å². The highest BCUT2D eigenvalue weighted by atomic mass is 32.1. The molecule has 0 unspecified atom stereocenters. The number of hydrogen-bond acceptors (Lipinski definition) is 5. The Kier molecular flexibility index (Phi) is 4.48. The van der Waals surface area contributed by atoms with Crippen LogP contribution in [0.2, 0.25) is 0 Å². The van der Waals surface area contributed by atoms with Gasteiger partial charge in [0.1, 0.15) is 6.33 Å². The van der Waals surface area contributed by atoms with E-state index in [0.29, 0.717) is 22.6 Å². The molecule has 4 aromatic rings. The number of thiazole rings is 1. The molecule has 0 saturated carbocycles. The van der Waals surface area contributed by atoms with E-state index in [-0.39, 0.29) is 5.91 Å². The third-order valence-corrected chi connectivity index (χ3v) is 4.55. The van der Waals surface area contributed by atoms with Crippen molar-refractivity contribution < 1.29 is 4.79 Å². The standard InChI is InChI=1S/C18H14N6OS/c25-17(15-7-4-8-16(11-15)24-13-19-21-22-24)20-18-23(9-10-26-18)12-14-5-2-1-3-6-14/h1-11,13H,12H2. The van der Waals surface area contributed by atoms with Gasteiger partial charge in [-0.3, -0.25) is 4.79 Å². The van der Waals surface area contributed by atoms with E-state index < -0.39 is 0 Å². The van der Waals surface area contributed by atoms with Crippen molar-refractivity contribution in [3.05, 3.63) is 88.4 Å². The van der Waals surface area contributed by atoms with Gasteiger partial charge in [-0.15, -0.1) is 16.4 Å². The summed E-state index contributed by atoms with van der Waals surface area (Å²) in [5.74, 6) is -0.302. The average molecular weight is 362 g/mol. The van der Waals surface area contributed by atoms with Crippen LogP contribution >= 0.6 is 11.3 Å². The van der Waals surface area contributed by atoms with Crippen LogP contribution in [0.3, 0.4) is 0 Å². The number of nitrogens with zero attached hydrogens (tertiary/aromatic N) is 6. The Morgan fingerprint density at radius 1 is 1.12 bits per heavy atom. The van der Waals surface area contributed by atoms with E-state index in [1.165, 1.54) is 22.3 Å². The Hall–Kier alpha value is -3.39. The van der Waals surface area contributed by atoms with E-state index in [1.54, 1.807) is 18.2 Å². The predicted molar refractivity (Wildman–Crippen MR) is 96.9 cm³/mol. The van der Waals surface area contributed by atoms with Crippen molar-refractivity contribution in [3.63, 3.8) is 0 Å². The summed E-state index contributed by atoms with van der Waals surface area (Å²) in [5.41, 5.74) is 2.34. The maximum absolute atomic E-state index is 12.6. The summed E-state index contributed by atoms with van der Waals surface area (Å²) in [6, 6.07) is 17.1. The fourth-order valence-electron chi connectivity index (χ4n) is 2.50. The third kappa shape index (κ3) is 3.50. The number of carbonyl (C=O) groups excluding carboxylic acids is 1. The van der Waals surface area contributed by atoms with Crippen LogP contribution in [0.25, 0.3) is 5.69 Å². The van der Waals surface area contributed by atoms with E-state index in [4.69, 9.17) is 0 Å². The first kappa shape index (κ1) is 16.1. The Morgan fingerprint density at radius 3 is 2.81 bits per heavy atom. The summed E-state index contributed by atoms with van der Waals surface area (Å²) < 4.78 is 3.46. The second-order valence-electron chi connectivity index (χ2n) is 5.52. The normalized spacial score (nSPS) is 11.6. The lowest BCUT2D eigenvalue weighted by molar-refractivity contribution is 0.0997. The fraction of sp³-hybridized carbons (Fsp3) is 0.0556. The lowest BCUT2D eigenvalue weighted by Crippen LogP contribution is -2.17. The SMILES string of the molecule is O=C(N=c1sccn1Cc1ccccc1)c1cccc(-n2cnnn2)c1. The van der Waals surface area contributed by atoms with Gasteiger partial charge in [0, 0.05) is 23.7 Å². The van der Waals surface area contributed by atoms with Crippen LogP contribution in [0.1, 0.15) is 15.9 Å². The largest absolute Gasteiger partial charge is 0.319 e. The second-order valence-corrected chi connectivity index (χ2v) is 6.39. The summed E-state index contributed by atoms with van der Waals surface area (Å²) in [5, 5.41) is 13.0. The number of amides is 1. The molecule has 0 aliphatic carbocycles. The summed E-state index contributed by atoms with van der Waals surface area (Å²) in [4.78, 5) is 17.6. The van der Waals surface area contributed by atoms with E-state index in [9.17, 15) is 4.79 Å². The van der Waals surface area contributed by atoms with Crippen molar-refractivity contribution >= 4 is 17.2 Å². The molecule has 7 nitrogen and oxygen atoms in total. The van der Waals surface area contributed by atoms with E-state index in [2.05, 4.69) is 20.5 Å². The minimum Gasteiger partial charge on any atom is -0.319 e. The van der Waals surface area contributed by atoms with Crippen LogP contribution in [0, 0.1) is 0 Å². The Morgan fingerprint density at radius 2 is 2.00 bits per heavy atom. The molecule has 0 atom stereocenters. The van der Waals surface area contributed by atoms with Crippen LogP contribution in [0.4, 0.5) is 0 Å². The molecule has 2 aromatic carbocycles. The quantitative estimate of drug-likeness (QED) is 0.558. The zero-order valence-electron chi connectivity index (χ0n) is 13.6. The lowest BCUT2D eigenvalue weighted by atomic mass is 10.2. The van der Waals surface area contributed by atoms with Crippen molar-refractivity contribution in [2.75, 3.05) is 0 Å². The molecule has 0 aliphatic rings. The third-order valence-electron chi connectivity index (χ3n) is 3.76. The number of carbonyl (C=O) groups is 1. The van der Waals surface area contributed by atoms with Gasteiger partial charge in [-0.25, -0.2) is 4.68 Å². The molecule has 8 heteroatoms. The van der Waals surface area contributed by atoms with Gasteiger partial charge in [-0.05, 0) is 34.2 Å². The average Bonchev–Trinajstić information content (AvgIpc) is 3.35. The number of hydrogen-bond donors (Lipinski definition) is 0. The van der Waals surface area contributed by atoms with E-state index >= 15 is 0 Å². The first-order chi connectivity index (χ1) is 12.8. The van der Waals surface area contributed by atoms with Gasteiger partial charge in [0.2, 0.25) is 0 Å². The van der Waals surface area contributed by atoms with Crippen LogP contribution in [-0.4, -0.2) is 30.7 Å². The number of benzene rings is 2. The zero-order chi connectivity index (χ0) is 17.8. The van der Waals surface area contributed by atoms with Crippen LogP contribution in [-0.2, 0) is 6.54 Å². The molecular formula is C18H14N6OS. The maximum Gasteiger partial charge on any atom is 0.279 e. The van der Waals surface area contributed by atoms with Gasteiger partial charge in [-0.2, -0.15) is 4.99 Å². The Bertz CT molecular complexity index is 1080. The minimum atomic E-state index is -0.302. The molecule has 0 fully saturated rings. The highest BCUT2D eigenvalue weighted by molar-refractivity contribution is 7.07. The molecule has 2 aromatic heterocycles. The van der Waals surface area contributed by atoms with Crippen LogP contribution in [0.5, 0.6) is 0 Å². The lowest BCUT2D eigenvalue weighted by Gasteiger charge is -2.03. The summed E-state index contributed by atoms with van der Waals surface area (Å²) in [7, 11) is 0. The summed E-state index contributed by atoms with van der Waals surface area (Å²) >= 11 is 1.43. The molecule has 128 valence electrons. The van der Waals surface area contributed by atoms with Crippen molar-refractivity contribution in [1.82, 2.24) is 24.8 Å². The number of tetrazole rings is 1. The van der Waals surface area contributed by atoms with Gasteiger partial charge >= 0.3 is 0 Å². The van der Waals surface area contributed by atoms with Crippen molar-refractivity contribution in [1.29, 1.82) is 0 Å². The molecule has 0 N–H and O–H groups in total. The molecule has 0 radical (unpaired) electrons.